The number of aromatic nitrogens is 1. The standard InChI is InChI=1S/C26H25N3O5/c1-16-4-6-17(7-5-16)24-28-19(15-34-24)10-11-27-23(30)18-8-9-21-22(13-18)26(32)29(25(21)31)14-20-3-2-12-33-20/h4-9,13,15,20H,2-3,10-12,14H2,1H3,(H,27,30). The summed E-state index contributed by atoms with van der Waals surface area (Å²) >= 11 is 0. The van der Waals surface area contributed by atoms with E-state index < -0.39 is 0 Å². The Kier molecular flexibility index (Phi) is 5.98. The van der Waals surface area contributed by atoms with Crippen molar-refractivity contribution >= 4 is 17.7 Å². The molecular formula is C26H25N3O5. The topological polar surface area (TPSA) is 102 Å². The third-order valence-corrected chi connectivity index (χ3v) is 6.16. The van der Waals surface area contributed by atoms with Crippen molar-refractivity contribution in [2.75, 3.05) is 19.7 Å². The van der Waals surface area contributed by atoms with E-state index in [1.165, 1.54) is 11.0 Å². The van der Waals surface area contributed by atoms with Gasteiger partial charge >= 0.3 is 0 Å². The van der Waals surface area contributed by atoms with Gasteiger partial charge in [0.2, 0.25) is 5.89 Å². The number of fused-ring (bicyclic) bond motifs is 1. The zero-order valence-electron chi connectivity index (χ0n) is 18.9. The molecule has 1 atom stereocenters. The van der Waals surface area contributed by atoms with Crippen LogP contribution in [-0.4, -0.2) is 53.4 Å². The van der Waals surface area contributed by atoms with E-state index in [1.54, 1.807) is 18.4 Å². The van der Waals surface area contributed by atoms with Gasteiger partial charge < -0.3 is 14.5 Å². The Morgan fingerprint density at radius 2 is 1.91 bits per heavy atom. The van der Waals surface area contributed by atoms with Gasteiger partial charge in [0.15, 0.2) is 0 Å². The Morgan fingerprint density at radius 1 is 1.12 bits per heavy atom. The highest BCUT2D eigenvalue weighted by Gasteiger charge is 2.37. The highest BCUT2D eigenvalue weighted by molar-refractivity contribution is 6.22. The molecule has 174 valence electrons. The molecule has 0 radical (unpaired) electrons. The fraction of sp³-hybridized carbons (Fsp3) is 0.308. The van der Waals surface area contributed by atoms with Crippen molar-refractivity contribution in [3.8, 4) is 11.5 Å². The molecule has 0 spiro atoms. The summed E-state index contributed by atoms with van der Waals surface area (Å²) < 4.78 is 11.1. The smallest absolute Gasteiger partial charge is 0.261 e. The molecule has 34 heavy (non-hydrogen) atoms. The predicted molar refractivity (Wildman–Crippen MR) is 123 cm³/mol. The van der Waals surface area contributed by atoms with Crippen LogP contribution < -0.4 is 5.32 Å². The van der Waals surface area contributed by atoms with Crippen LogP contribution >= 0.6 is 0 Å². The minimum absolute atomic E-state index is 0.118. The molecule has 2 aliphatic rings. The number of imide groups is 1. The van der Waals surface area contributed by atoms with E-state index in [0.29, 0.717) is 36.6 Å². The molecule has 3 heterocycles. The van der Waals surface area contributed by atoms with Crippen molar-refractivity contribution in [3.63, 3.8) is 0 Å². The molecule has 8 nitrogen and oxygen atoms in total. The number of benzene rings is 2. The van der Waals surface area contributed by atoms with Crippen molar-refractivity contribution in [3.05, 3.63) is 76.7 Å². The highest BCUT2D eigenvalue weighted by atomic mass is 16.5. The summed E-state index contributed by atoms with van der Waals surface area (Å²) in [6, 6.07) is 12.5. The van der Waals surface area contributed by atoms with Crippen molar-refractivity contribution in [1.29, 1.82) is 0 Å². The van der Waals surface area contributed by atoms with Gasteiger partial charge in [-0.05, 0) is 50.1 Å². The van der Waals surface area contributed by atoms with E-state index in [1.807, 2.05) is 31.2 Å². The fourth-order valence-corrected chi connectivity index (χ4v) is 4.25. The monoisotopic (exact) mass is 459 g/mol. The lowest BCUT2D eigenvalue weighted by Gasteiger charge is -2.17. The quantitative estimate of drug-likeness (QED) is 0.544. The summed E-state index contributed by atoms with van der Waals surface area (Å²) in [5.41, 5.74) is 3.70. The Hall–Kier alpha value is -3.78. The molecular weight excluding hydrogens is 434 g/mol. The third-order valence-electron chi connectivity index (χ3n) is 6.16. The zero-order chi connectivity index (χ0) is 23.7. The van der Waals surface area contributed by atoms with Crippen molar-refractivity contribution in [2.45, 2.75) is 32.3 Å². The summed E-state index contributed by atoms with van der Waals surface area (Å²) in [7, 11) is 0. The van der Waals surface area contributed by atoms with Crippen LogP contribution in [0.2, 0.25) is 0 Å². The first-order valence-corrected chi connectivity index (χ1v) is 11.4. The van der Waals surface area contributed by atoms with Gasteiger partial charge in [-0.1, -0.05) is 17.7 Å². The summed E-state index contributed by atoms with van der Waals surface area (Å²) in [5.74, 6) is -0.493. The lowest BCUT2D eigenvalue weighted by atomic mass is 10.1. The summed E-state index contributed by atoms with van der Waals surface area (Å²) in [6.45, 7) is 3.27. The lowest BCUT2D eigenvalue weighted by Crippen LogP contribution is -2.36. The number of aryl methyl sites for hydroxylation is 1. The van der Waals surface area contributed by atoms with Gasteiger partial charge in [0.1, 0.15) is 6.26 Å². The van der Waals surface area contributed by atoms with E-state index in [0.717, 1.165) is 29.7 Å². The molecule has 8 heteroatoms. The first-order valence-electron chi connectivity index (χ1n) is 11.4. The van der Waals surface area contributed by atoms with Gasteiger partial charge in [-0.25, -0.2) is 4.98 Å². The lowest BCUT2D eigenvalue weighted by molar-refractivity contribution is 0.0475. The molecule has 0 aliphatic carbocycles. The molecule has 2 aliphatic heterocycles. The number of amides is 3. The van der Waals surface area contributed by atoms with Gasteiger partial charge in [0, 0.05) is 30.7 Å². The summed E-state index contributed by atoms with van der Waals surface area (Å²) in [4.78, 5) is 43.8. The number of oxazole rings is 1. The molecule has 3 aromatic rings. The minimum atomic E-state index is -0.378. The average molecular weight is 460 g/mol. The van der Waals surface area contributed by atoms with E-state index >= 15 is 0 Å². The van der Waals surface area contributed by atoms with E-state index in [9.17, 15) is 14.4 Å². The first-order chi connectivity index (χ1) is 16.5. The van der Waals surface area contributed by atoms with Crippen molar-refractivity contribution in [2.24, 2.45) is 0 Å². The van der Waals surface area contributed by atoms with Crippen LogP contribution in [0.3, 0.4) is 0 Å². The number of hydrogen-bond acceptors (Lipinski definition) is 6. The highest BCUT2D eigenvalue weighted by Crippen LogP contribution is 2.26. The van der Waals surface area contributed by atoms with Gasteiger partial charge in [-0.3, -0.25) is 19.3 Å². The molecule has 5 rings (SSSR count). The predicted octanol–water partition coefficient (Wildman–Crippen LogP) is 3.40. The maximum absolute atomic E-state index is 12.8. The van der Waals surface area contributed by atoms with Crippen LogP contribution in [0, 0.1) is 6.92 Å². The number of rotatable bonds is 7. The van der Waals surface area contributed by atoms with Crippen LogP contribution in [0.25, 0.3) is 11.5 Å². The Balaban J connectivity index is 1.19. The Morgan fingerprint density at radius 3 is 2.68 bits per heavy atom. The van der Waals surface area contributed by atoms with Crippen molar-refractivity contribution in [1.82, 2.24) is 15.2 Å². The molecule has 1 unspecified atom stereocenters. The number of carbonyl (C=O) groups excluding carboxylic acids is 3. The summed E-state index contributed by atoms with van der Waals surface area (Å²) in [5, 5.41) is 2.84. The maximum atomic E-state index is 12.8. The number of nitrogens with one attached hydrogen (secondary N) is 1. The fourth-order valence-electron chi connectivity index (χ4n) is 4.25. The first kappa shape index (κ1) is 22.0. The SMILES string of the molecule is Cc1ccc(-c2nc(CCNC(=O)c3ccc4c(c3)C(=O)N(CC3CCCO3)C4=O)co2)cc1. The molecule has 1 saturated heterocycles. The molecule has 2 aromatic carbocycles. The van der Waals surface area contributed by atoms with Crippen LogP contribution in [-0.2, 0) is 11.2 Å². The van der Waals surface area contributed by atoms with Gasteiger partial charge in [-0.2, -0.15) is 0 Å². The summed E-state index contributed by atoms with van der Waals surface area (Å²) in [6.07, 6.45) is 3.73. The van der Waals surface area contributed by atoms with Gasteiger partial charge in [0.25, 0.3) is 17.7 Å². The zero-order valence-corrected chi connectivity index (χ0v) is 18.9. The molecule has 1 fully saturated rings. The second kappa shape index (κ2) is 9.23. The molecule has 1 aromatic heterocycles. The van der Waals surface area contributed by atoms with Gasteiger partial charge in [0.05, 0.1) is 29.5 Å². The Labute approximate surface area is 196 Å². The second-order valence-corrected chi connectivity index (χ2v) is 8.63. The number of hydrogen-bond donors (Lipinski definition) is 1. The normalized spacial score (nSPS) is 17.3. The number of nitrogens with zero attached hydrogens (tertiary/aromatic N) is 2. The van der Waals surface area contributed by atoms with Crippen LogP contribution in [0.4, 0.5) is 0 Å². The van der Waals surface area contributed by atoms with Gasteiger partial charge in [-0.15, -0.1) is 0 Å². The van der Waals surface area contributed by atoms with Crippen LogP contribution in [0.5, 0.6) is 0 Å². The van der Waals surface area contributed by atoms with Crippen molar-refractivity contribution < 1.29 is 23.5 Å². The van der Waals surface area contributed by atoms with E-state index in [2.05, 4.69) is 10.3 Å². The molecule has 1 N–H and O–H groups in total. The van der Waals surface area contributed by atoms with E-state index in [4.69, 9.17) is 9.15 Å². The minimum Gasteiger partial charge on any atom is -0.444 e. The number of carbonyl (C=O) groups is 3. The second-order valence-electron chi connectivity index (χ2n) is 8.63. The average Bonchev–Trinajstić information content (AvgIpc) is 3.58. The van der Waals surface area contributed by atoms with E-state index in [-0.39, 0.29) is 35.9 Å². The third kappa shape index (κ3) is 4.36. The molecule has 0 saturated carbocycles. The maximum Gasteiger partial charge on any atom is 0.261 e. The number of ether oxygens (including phenoxy) is 1. The largest absolute Gasteiger partial charge is 0.444 e. The van der Waals surface area contributed by atoms with Crippen LogP contribution in [0.15, 0.2) is 53.1 Å². The van der Waals surface area contributed by atoms with Crippen LogP contribution in [0.1, 0.15) is 55.2 Å². The molecule has 0 bridgehead atoms. The Bertz CT molecular complexity index is 1240. The molecule has 3 amide bonds.